The number of nitrogens with one attached hydrogen (secondary N) is 1. The summed E-state index contributed by atoms with van der Waals surface area (Å²) in [5.41, 5.74) is 0. The van der Waals surface area contributed by atoms with Crippen LogP contribution in [-0.4, -0.2) is 49.1 Å². The third-order valence-corrected chi connectivity index (χ3v) is 3.29. The summed E-state index contributed by atoms with van der Waals surface area (Å²) in [6, 6.07) is 0.553. The van der Waals surface area contributed by atoms with Crippen LogP contribution in [0.1, 0.15) is 19.3 Å². The van der Waals surface area contributed by atoms with Crippen molar-refractivity contribution in [3.05, 3.63) is 0 Å². The smallest absolute Gasteiger partial charge is 0.396 e. The molecule has 0 aromatic heterocycles. The van der Waals surface area contributed by atoms with Crippen LogP contribution in [0.2, 0.25) is 0 Å². The van der Waals surface area contributed by atoms with Crippen molar-refractivity contribution in [1.82, 2.24) is 10.2 Å². The molecule has 5 heteroatoms. The molecule has 0 bridgehead atoms. The van der Waals surface area contributed by atoms with E-state index in [9.17, 15) is 9.59 Å². The Morgan fingerprint density at radius 1 is 1.33 bits per heavy atom. The summed E-state index contributed by atoms with van der Waals surface area (Å²) in [4.78, 5) is 24.6. The summed E-state index contributed by atoms with van der Waals surface area (Å²) < 4.78 is 4.37. The maximum absolute atomic E-state index is 11.3. The lowest BCUT2D eigenvalue weighted by Gasteiger charge is -2.20. The molecule has 0 aromatic carbocycles. The quantitative estimate of drug-likeness (QED) is 0.471. The van der Waals surface area contributed by atoms with Gasteiger partial charge >= 0.3 is 11.9 Å². The maximum Gasteiger partial charge on any atom is 0.396 e. The Bertz CT molecular complexity index is 280. The molecule has 15 heavy (non-hydrogen) atoms. The molecule has 2 aliphatic heterocycles. The van der Waals surface area contributed by atoms with Crippen molar-refractivity contribution in [1.29, 1.82) is 0 Å². The van der Waals surface area contributed by atoms with Crippen LogP contribution in [0, 0.1) is 0 Å². The second kappa shape index (κ2) is 4.18. The lowest BCUT2D eigenvalue weighted by molar-refractivity contribution is -0.153. The molecule has 2 rings (SSSR count). The third-order valence-electron chi connectivity index (χ3n) is 3.29. The molecule has 2 unspecified atom stereocenters. The average molecular weight is 212 g/mol. The number of rotatable bonds is 1. The largest absolute Gasteiger partial charge is 0.462 e. The zero-order chi connectivity index (χ0) is 10.8. The fourth-order valence-electron chi connectivity index (χ4n) is 2.57. The van der Waals surface area contributed by atoms with Crippen LogP contribution in [-0.2, 0) is 14.3 Å². The summed E-state index contributed by atoms with van der Waals surface area (Å²) in [6.07, 6.45) is 3.24. The monoisotopic (exact) mass is 212 g/mol. The molecule has 5 nitrogen and oxygen atoms in total. The average Bonchev–Trinajstić information content (AvgIpc) is 2.81. The molecular weight excluding hydrogens is 196 g/mol. The predicted molar refractivity (Wildman–Crippen MR) is 53.2 cm³/mol. The molecule has 2 aliphatic rings. The van der Waals surface area contributed by atoms with Gasteiger partial charge in [-0.25, -0.2) is 4.79 Å². The molecular formula is C10H16N2O3. The molecule has 0 aromatic rings. The number of carbonyl (C=O) groups is 2. The molecule has 2 heterocycles. The first-order valence-electron chi connectivity index (χ1n) is 5.35. The van der Waals surface area contributed by atoms with Gasteiger partial charge < -0.3 is 10.1 Å². The Morgan fingerprint density at radius 3 is 2.87 bits per heavy atom. The van der Waals surface area contributed by atoms with Gasteiger partial charge in [0.05, 0.1) is 7.11 Å². The lowest BCUT2D eigenvalue weighted by atomic mass is 10.1. The molecule has 0 spiro atoms. The van der Waals surface area contributed by atoms with Crippen LogP contribution in [0.5, 0.6) is 0 Å². The second-order valence-electron chi connectivity index (χ2n) is 4.11. The molecule has 0 saturated carbocycles. The third kappa shape index (κ3) is 1.97. The standard InChI is InChI=1S/C10H16N2O3/c1-15-10(14)9(13)11-7-4-6-12-5-2-3-8(7)12/h7-8H,2-6H2,1H3,(H,11,13). The second-order valence-corrected chi connectivity index (χ2v) is 4.11. The van der Waals surface area contributed by atoms with E-state index in [4.69, 9.17) is 0 Å². The number of methoxy groups -OCH3 is 1. The van der Waals surface area contributed by atoms with Gasteiger partial charge in [0.1, 0.15) is 0 Å². The molecule has 0 radical (unpaired) electrons. The van der Waals surface area contributed by atoms with Crippen molar-refractivity contribution < 1.29 is 14.3 Å². The van der Waals surface area contributed by atoms with Crippen molar-refractivity contribution in [2.24, 2.45) is 0 Å². The van der Waals surface area contributed by atoms with E-state index >= 15 is 0 Å². The summed E-state index contributed by atoms with van der Waals surface area (Å²) in [5, 5.41) is 2.75. The highest BCUT2D eigenvalue weighted by atomic mass is 16.5. The van der Waals surface area contributed by atoms with Crippen molar-refractivity contribution in [2.75, 3.05) is 20.2 Å². The first-order chi connectivity index (χ1) is 7.22. The lowest BCUT2D eigenvalue weighted by Crippen LogP contribution is -2.45. The van der Waals surface area contributed by atoms with Crippen molar-refractivity contribution in [3.63, 3.8) is 0 Å². The first kappa shape index (κ1) is 10.4. The van der Waals surface area contributed by atoms with E-state index in [1.807, 2.05) is 0 Å². The molecule has 2 atom stereocenters. The summed E-state index contributed by atoms with van der Waals surface area (Å²) in [7, 11) is 1.22. The topological polar surface area (TPSA) is 58.6 Å². The number of fused-ring (bicyclic) bond motifs is 1. The highest BCUT2D eigenvalue weighted by Gasteiger charge is 2.38. The van der Waals surface area contributed by atoms with Crippen LogP contribution in [0.3, 0.4) is 0 Å². The summed E-state index contributed by atoms with van der Waals surface area (Å²) in [5.74, 6) is -1.41. The first-order valence-corrected chi connectivity index (χ1v) is 5.35. The minimum absolute atomic E-state index is 0.124. The highest BCUT2D eigenvalue weighted by molar-refractivity contribution is 6.32. The van der Waals surface area contributed by atoms with E-state index in [-0.39, 0.29) is 6.04 Å². The van der Waals surface area contributed by atoms with E-state index in [0.717, 1.165) is 25.9 Å². The van der Waals surface area contributed by atoms with Gasteiger partial charge in [0.25, 0.3) is 0 Å². The zero-order valence-corrected chi connectivity index (χ0v) is 8.86. The van der Waals surface area contributed by atoms with Gasteiger partial charge in [-0.2, -0.15) is 0 Å². The number of hydrogen-bond acceptors (Lipinski definition) is 4. The number of ether oxygens (including phenoxy) is 1. The normalized spacial score (nSPS) is 29.9. The number of carbonyl (C=O) groups excluding carboxylic acids is 2. The van der Waals surface area contributed by atoms with Gasteiger partial charge in [-0.15, -0.1) is 0 Å². The Balaban J connectivity index is 1.90. The minimum atomic E-state index is -0.800. The molecule has 1 amide bonds. The Kier molecular flexibility index (Phi) is 2.90. The Labute approximate surface area is 88.8 Å². The van der Waals surface area contributed by atoms with Crippen molar-refractivity contribution in [2.45, 2.75) is 31.3 Å². The molecule has 84 valence electrons. The van der Waals surface area contributed by atoms with Crippen LogP contribution in [0.4, 0.5) is 0 Å². The van der Waals surface area contributed by atoms with Crippen LogP contribution >= 0.6 is 0 Å². The van der Waals surface area contributed by atoms with Gasteiger partial charge in [-0.1, -0.05) is 0 Å². The van der Waals surface area contributed by atoms with Gasteiger partial charge in [0, 0.05) is 18.6 Å². The van der Waals surface area contributed by atoms with Crippen molar-refractivity contribution in [3.8, 4) is 0 Å². The zero-order valence-electron chi connectivity index (χ0n) is 8.86. The van der Waals surface area contributed by atoms with Crippen LogP contribution in [0.25, 0.3) is 0 Å². The van der Waals surface area contributed by atoms with Crippen LogP contribution < -0.4 is 5.32 Å². The molecule has 2 fully saturated rings. The predicted octanol–water partition coefficient (Wildman–Crippen LogP) is -0.488. The van der Waals surface area contributed by atoms with E-state index < -0.39 is 11.9 Å². The van der Waals surface area contributed by atoms with Gasteiger partial charge in [0.15, 0.2) is 0 Å². The SMILES string of the molecule is COC(=O)C(=O)NC1CCN2CCCC12. The fourth-order valence-corrected chi connectivity index (χ4v) is 2.57. The molecule has 1 N–H and O–H groups in total. The van der Waals surface area contributed by atoms with Gasteiger partial charge in [-0.3, -0.25) is 9.69 Å². The fraction of sp³-hybridized carbons (Fsp3) is 0.800. The van der Waals surface area contributed by atoms with Crippen molar-refractivity contribution >= 4 is 11.9 Å². The number of amides is 1. The minimum Gasteiger partial charge on any atom is -0.462 e. The van der Waals surface area contributed by atoms with E-state index in [1.165, 1.54) is 13.5 Å². The van der Waals surface area contributed by atoms with Gasteiger partial charge in [-0.05, 0) is 25.8 Å². The number of hydrogen-bond donors (Lipinski definition) is 1. The van der Waals surface area contributed by atoms with Crippen LogP contribution in [0.15, 0.2) is 0 Å². The molecule has 0 aliphatic carbocycles. The van der Waals surface area contributed by atoms with E-state index in [1.54, 1.807) is 0 Å². The van der Waals surface area contributed by atoms with Gasteiger partial charge in [0.2, 0.25) is 0 Å². The number of esters is 1. The summed E-state index contributed by atoms with van der Waals surface area (Å²) in [6.45, 7) is 2.14. The number of nitrogens with zero attached hydrogens (tertiary/aromatic N) is 1. The Morgan fingerprint density at radius 2 is 2.13 bits per heavy atom. The van der Waals surface area contributed by atoms with E-state index in [0.29, 0.717) is 6.04 Å². The Hall–Kier alpha value is -1.10. The molecule has 2 saturated heterocycles. The van der Waals surface area contributed by atoms with E-state index in [2.05, 4.69) is 15.0 Å². The maximum atomic E-state index is 11.3. The highest BCUT2D eigenvalue weighted by Crippen LogP contribution is 2.27. The summed E-state index contributed by atoms with van der Waals surface area (Å²) >= 11 is 0.